The molecule has 1 aromatic carbocycles. The molecule has 4 aromatic rings. The van der Waals surface area contributed by atoms with Crippen LogP contribution in [0.2, 0.25) is 0 Å². The minimum absolute atomic E-state index is 0.192. The molecule has 3 heterocycles. The van der Waals surface area contributed by atoms with Crippen molar-refractivity contribution in [2.75, 3.05) is 0 Å². The topological polar surface area (TPSA) is 102 Å². The average molecular weight is 409 g/mol. The zero-order valence-corrected chi connectivity index (χ0v) is 16.9. The molecule has 0 radical (unpaired) electrons. The van der Waals surface area contributed by atoms with E-state index in [1.54, 1.807) is 23.2 Å². The Hall–Kier alpha value is -4.38. The minimum Gasteiger partial charge on any atom is -0.486 e. The van der Waals surface area contributed by atoms with Crippen LogP contribution in [0.1, 0.15) is 29.6 Å². The fourth-order valence-corrected chi connectivity index (χ4v) is 2.93. The van der Waals surface area contributed by atoms with Gasteiger partial charge in [0.05, 0.1) is 11.3 Å². The van der Waals surface area contributed by atoms with Crippen molar-refractivity contribution in [1.82, 2.24) is 30.2 Å². The monoisotopic (exact) mass is 409 g/mol. The summed E-state index contributed by atoms with van der Waals surface area (Å²) in [5.74, 6) is 1.87. The summed E-state index contributed by atoms with van der Waals surface area (Å²) in [4.78, 5) is 8.57. The molecule has 0 unspecified atom stereocenters. The van der Waals surface area contributed by atoms with Crippen LogP contribution in [-0.4, -0.2) is 30.2 Å². The third-order valence-electron chi connectivity index (χ3n) is 4.59. The molecule has 0 bridgehead atoms. The van der Waals surface area contributed by atoms with Crippen molar-refractivity contribution in [3.63, 3.8) is 0 Å². The Morgan fingerprint density at radius 1 is 1.10 bits per heavy atom. The highest BCUT2D eigenvalue weighted by Gasteiger charge is 2.11. The SMILES string of the molecule is CCc1ccnc(-n2nnnc2COc2ccc(C=C(C#N)c3ccccn3)cc2)c1. The Morgan fingerprint density at radius 3 is 2.71 bits per heavy atom. The lowest BCUT2D eigenvalue weighted by atomic mass is 10.1. The molecule has 0 spiro atoms. The number of tetrazole rings is 1. The van der Waals surface area contributed by atoms with E-state index in [-0.39, 0.29) is 6.61 Å². The second kappa shape index (κ2) is 9.41. The van der Waals surface area contributed by atoms with E-state index in [0.29, 0.717) is 28.7 Å². The first-order valence-corrected chi connectivity index (χ1v) is 9.75. The molecule has 31 heavy (non-hydrogen) atoms. The van der Waals surface area contributed by atoms with Crippen LogP contribution in [0.25, 0.3) is 17.5 Å². The van der Waals surface area contributed by atoms with E-state index in [9.17, 15) is 5.26 Å². The molecule has 4 rings (SSSR count). The highest BCUT2D eigenvalue weighted by Crippen LogP contribution is 2.19. The van der Waals surface area contributed by atoms with E-state index in [0.717, 1.165) is 17.5 Å². The Morgan fingerprint density at radius 2 is 1.97 bits per heavy atom. The number of aryl methyl sites for hydroxylation is 1. The van der Waals surface area contributed by atoms with Gasteiger partial charge in [-0.25, -0.2) is 4.98 Å². The molecule has 0 saturated carbocycles. The van der Waals surface area contributed by atoms with Crippen LogP contribution in [0.15, 0.2) is 67.0 Å². The predicted octanol–water partition coefficient (Wildman–Crippen LogP) is 3.66. The van der Waals surface area contributed by atoms with Gasteiger partial charge in [-0.2, -0.15) is 9.94 Å². The van der Waals surface area contributed by atoms with Crippen molar-refractivity contribution in [3.05, 3.63) is 89.6 Å². The second-order valence-electron chi connectivity index (χ2n) is 6.63. The number of nitrogens with zero attached hydrogens (tertiary/aromatic N) is 7. The molecule has 0 N–H and O–H groups in total. The van der Waals surface area contributed by atoms with Crippen LogP contribution in [0.4, 0.5) is 0 Å². The summed E-state index contributed by atoms with van der Waals surface area (Å²) in [7, 11) is 0. The lowest BCUT2D eigenvalue weighted by Crippen LogP contribution is -2.08. The normalized spacial score (nSPS) is 11.2. The third-order valence-corrected chi connectivity index (χ3v) is 4.59. The van der Waals surface area contributed by atoms with Crippen LogP contribution >= 0.6 is 0 Å². The Labute approximate surface area is 179 Å². The second-order valence-corrected chi connectivity index (χ2v) is 6.63. The van der Waals surface area contributed by atoms with Crippen LogP contribution < -0.4 is 4.74 Å². The summed E-state index contributed by atoms with van der Waals surface area (Å²) < 4.78 is 7.42. The van der Waals surface area contributed by atoms with Gasteiger partial charge in [-0.3, -0.25) is 4.98 Å². The summed E-state index contributed by atoms with van der Waals surface area (Å²) in [5.41, 5.74) is 3.16. The number of ether oxygens (including phenoxy) is 1. The zero-order valence-electron chi connectivity index (χ0n) is 16.9. The first-order valence-electron chi connectivity index (χ1n) is 9.75. The first kappa shape index (κ1) is 19.9. The highest BCUT2D eigenvalue weighted by molar-refractivity contribution is 5.88. The van der Waals surface area contributed by atoms with Crippen molar-refractivity contribution in [2.24, 2.45) is 0 Å². The molecular formula is C23H19N7O. The van der Waals surface area contributed by atoms with Gasteiger partial charge in [0.15, 0.2) is 11.6 Å². The van der Waals surface area contributed by atoms with Gasteiger partial charge in [0, 0.05) is 12.4 Å². The zero-order chi connectivity index (χ0) is 21.5. The molecule has 8 nitrogen and oxygen atoms in total. The van der Waals surface area contributed by atoms with E-state index >= 15 is 0 Å². The number of rotatable bonds is 7. The molecule has 3 aromatic heterocycles. The number of allylic oxidation sites excluding steroid dienone is 1. The molecule has 0 amide bonds. The van der Waals surface area contributed by atoms with Crippen LogP contribution in [0.5, 0.6) is 5.75 Å². The maximum Gasteiger partial charge on any atom is 0.195 e. The summed E-state index contributed by atoms with van der Waals surface area (Å²) >= 11 is 0. The van der Waals surface area contributed by atoms with Gasteiger partial charge in [-0.15, -0.1) is 5.10 Å². The average Bonchev–Trinajstić information content (AvgIpc) is 3.31. The fraction of sp³-hybridized carbons (Fsp3) is 0.130. The number of hydrogen-bond donors (Lipinski definition) is 0. The fourth-order valence-electron chi connectivity index (χ4n) is 2.93. The van der Waals surface area contributed by atoms with Gasteiger partial charge in [-0.05, 0) is 70.4 Å². The number of hydrogen-bond acceptors (Lipinski definition) is 7. The predicted molar refractivity (Wildman–Crippen MR) is 115 cm³/mol. The first-order chi connectivity index (χ1) is 15.3. The van der Waals surface area contributed by atoms with E-state index in [4.69, 9.17) is 4.74 Å². The molecule has 0 fully saturated rings. The van der Waals surface area contributed by atoms with Gasteiger partial charge >= 0.3 is 0 Å². The van der Waals surface area contributed by atoms with Crippen LogP contribution in [-0.2, 0) is 13.0 Å². The third kappa shape index (κ3) is 4.79. The quantitative estimate of drug-likeness (QED) is 0.429. The lowest BCUT2D eigenvalue weighted by Gasteiger charge is -2.07. The van der Waals surface area contributed by atoms with Crippen molar-refractivity contribution >= 4 is 11.6 Å². The van der Waals surface area contributed by atoms with Gasteiger partial charge < -0.3 is 4.74 Å². The van der Waals surface area contributed by atoms with Gasteiger partial charge in [0.1, 0.15) is 18.4 Å². The molecule has 0 aliphatic heterocycles. The van der Waals surface area contributed by atoms with Gasteiger partial charge in [0.2, 0.25) is 0 Å². The smallest absolute Gasteiger partial charge is 0.195 e. The molecule has 0 aliphatic carbocycles. The summed E-state index contributed by atoms with van der Waals surface area (Å²) in [5, 5.41) is 21.3. The summed E-state index contributed by atoms with van der Waals surface area (Å²) in [6.45, 7) is 2.27. The Balaban J connectivity index is 1.46. The maximum absolute atomic E-state index is 9.43. The molecule has 152 valence electrons. The Bertz CT molecular complexity index is 1220. The van der Waals surface area contributed by atoms with Crippen LogP contribution in [0.3, 0.4) is 0 Å². The standard InChI is InChI=1S/C23H19N7O/c1-2-17-10-12-26-22(14-17)30-23(27-28-29-30)16-31-20-8-6-18(7-9-20)13-19(15-24)21-5-3-4-11-25-21/h3-14H,2,16H2,1H3. The van der Waals surface area contributed by atoms with Crippen molar-refractivity contribution in [3.8, 4) is 17.6 Å². The molecule has 0 aliphatic rings. The number of benzene rings is 1. The highest BCUT2D eigenvalue weighted by atomic mass is 16.5. The van der Waals surface area contributed by atoms with E-state index in [2.05, 4.69) is 38.5 Å². The number of nitriles is 1. The minimum atomic E-state index is 0.192. The van der Waals surface area contributed by atoms with E-state index in [1.807, 2.05) is 54.6 Å². The summed E-state index contributed by atoms with van der Waals surface area (Å²) in [6, 6.07) is 19.0. The Kier molecular flexibility index (Phi) is 6.05. The lowest BCUT2D eigenvalue weighted by molar-refractivity contribution is 0.292. The van der Waals surface area contributed by atoms with Gasteiger partial charge in [-0.1, -0.05) is 25.1 Å². The molecule has 8 heteroatoms. The molecule has 0 atom stereocenters. The van der Waals surface area contributed by atoms with E-state index in [1.165, 1.54) is 0 Å². The number of pyridine rings is 2. The maximum atomic E-state index is 9.43. The number of aromatic nitrogens is 6. The molecule has 0 saturated heterocycles. The summed E-state index contributed by atoms with van der Waals surface area (Å²) in [6.07, 6.45) is 6.10. The molecular weight excluding hydrogens is 390 g/mol. The van der Waals surface area contributed by atoms with Crippen LogP contribution in [0, 0.1) is 11.3 Å². The van der Waals surface area contributed by atoms with Crippen molar-refractivity contribution in [2.45, 2.75) is 20.0 Å². The van der Waals surface area contributed by atoms with Crippen molar-refractivity contribution in [1.29, 1.82) is 5.26 Å². The van der Waals surface area contributed by atoms with E-state index < -0.39 is 0 Å². The largest absolute Gasteiger partial charge is 0.486 e. The van der Waals surface area contributed by atoms with Gasteiger partial charge in [0.25, 0.3) is 0 Å². The van der Waals surface area contributed by atoms with Crippen molar-refractivity contribution < 1.29 is 4.74 Å².